The lowest BCUT2D eigenvalue weighted by Gasteiger charge is -2.39. The molecule has 1 fully saturated rings. The lowest BCUT2D eigenvalue weighted by molar-refractivity contribution is 0.210. The molecule has 2 aliphatic heterocycles. The number of anilines is 1. The molecule has 0 spiro atoms. The highest BCUT2D eigenvalue weighted by Crippen LogP contribution is 2.49. The molecule has 0 bridgehead atoms. The van der Waals surface area contributed by atoms with Crippen LogP contribution in [0.4, 0.5) is 10.1 Å². The molecule has 3 aromatic rings. The number of aliphatic hydroxyl groups is 1. The number of hydrogen-bond acceptors (Lipinski definition) is 5. The fraction of sp³-hybridized carbons (Fsp3) is 0.240. The molecule has 0 saturated carbocycles. The molecule has 0 aliphatic carbocycles. The Labute approximate surface area is 192 Å². The number of sulfonamides is 1. The molecule has 2 aliphatic rings. The predicted octanol–water partition coefficient (Wildman–Crippen LogP) is 3.90. The van der Waals surface area contributed by atoms with Crippen LogP contribution in [0.3, 0.4) is 0 Å². The van der Waals surface area contributed by atoms with Crippen LogP contribution in [-0.2, 0) is 10.0 Å². The van der Waals surface area contributed by atoms with Gasteiger partial charge in [-0.1, -0.05) is 24.3 Å². The second kappa shape index (κ2) is 8.27. The average Bonchev–Trinajstić information content (AvgIpc) is 3.30. The highest BCUT2D eigenvalue weighted by molar-refractivity contribution is 7.89. The normalized spacial score (nSPS) is 22.2. The SMILES string of the molecule is N#Cc1cccc(-c2ccc3c(c2)[C@@H]2[C@@H](CCN2S(=O)(=O)c2cccc(F)c2)[C@H](CO)N3)c1. The number of nitriles is 1. The van der Waals surface area contributed by atoms with Crippen molar-refractivity contribution in [1.82, 2.24) is 4.31 Å². The zero-order chi connectivity index (χ0) is 23.2. The number of hydrogen-bond donors (Lipinski definition) is 2. The van der Waals surface area contributed by atoms with Crippen LogP contribution in [0.5, 0.6) is 0 Å². The van der Waals surface area contributed by atoms with E-state index >= 15 is 0 Å². The quantitative estimate of drug-likeness (QED) is 0.612. The van der Waals surface area contributed by atoms with E-state index in [-0.39, 0.29) is 30.0 Å². The van der Waals surface area contributed by atoms with Gasteiger partial charge >= 0.3 is 0 Å². The molecular formula is C25H22FN3O3S. The van der Waals surface area contributed by atoms with Gasteiger partial charge in [0.1, 0.15) is 5.82 Å². The van der Waals surface area contributed by atoms with E-state index in [2.05, 4.69) is 11.4 Å². The van der Waals surface area contributed by atoms with Crippen molar-refractivity contribution in [3.8, 4) is 17.2 Å². The van der Waals surface area contributed by atoms with Crippen LogP contribution in [0.25, 0.3) is 11.1 Å². The lowest BCUT2D eigenvalue weighted by Crippen LogP contribution is -2.42. The summed E-state index contributed by atoms with van der Waals surface area (Å²) in [5.41, 5.74) is 3.83. The summed E-state index contributed by atoms with van der Waals surface area (Å²) in [6, 6.07) is 19.4. The maximum atomic E-state index is 13.8. The second-order valence-electron chi connectivity index (χ2n) is 8.40. The van der Waals surface area contributed by atoms with Gasteiger partial charge in [-0.2, -0.15) is 9.57 Å². The van der Waals surface area contributed by atoms with Crippen LogP contribution >= 0.6 is 0 Å². The zero-order valence-electron chi connectivity index (χ0n) is 17.6. The molecule has 1 saturated heterocycles. The first-order valence-corrected chi connectivity index (χ1v) is 12.2. The molecule has 0 amide bonds. The average molecular weight is 464 g/mol. The van der Waals surface area contributed by atoms with Crippen LogP contribution < -0.4 is 5.32 Å². The van der Waals surface area contributed by atoms with Crippen molar-refractivity contribution in [3.05, 3.63) is 83.7 Å². The molecule has 0 unspecified atom stereocenters. The van der Waals surface area contributed by atoms with Crippen molar-refractivity contribution >= 4 is 15.7 Å². The summed E-state index contributed by atoms with van der Waals surface area (Å²) in [4.78, 5) is -0.0818. The first kappa shape index (κ1) is 21.6. The van der Waals surface area contributed by atoms with Crippen molar-refractivity contribution in [1.29, 1.82) is 5.26 Å². The standard InChI is InChI=1S/C25H22FN3O3S/c26-19-5-2-6-20(13-19)33(31,32)29-10-9-21-24(15-30)28-23-8-7-18(12-22(23)25(21)29)17-4-1-3-16(11-17)14-27/h1-8,11-13,21,24-25,28,30H,9-10,15H2/t21-,24-,25-/m0/s1. The molecule has 168 valence electrons. The molecule has 2 N–H and O–H groups in total. The minimum atomic E-state index is -3.95. The molecule has 8 heteroatoms. The summed E-state index contributed by atoms with van der Waals surface area (Å²) in [6.07, 6.45) is 0.574. The fourth-order valence-electron chi connectivity index (χ4n) is 5.00. The van der Waals surface area contributed by atoms with Crippen LogP contribution in [0.15, 0.2) is 71.6 Å². The second-order valence-corrected chi connectivity index (χ2v) is 10.3. The monoisotopic (exact) mass is 463 g/mol. The summed E-state index contributed by atoms with van der Waals surface area (Å²) in [6.45, 7) is 0.153. The third kappa shape index (κ3) is 3.68. The van der Waals surface area contributed by atoms with E-state index in [1.807, 2.05) is 30.3 Å². The maximum absolute atomic E-state index is 13.8. The lowest BCUT2D eigenvalue weighted by atomic mass is 9.82. The van der Waals surface area contributed by atoms with E-state index in [9.17, 15) is 23.2 Å². The number of benzene rings is 3. The Morgan fingerprint density at radius 2 is 1.88 bits per heavy atom. The molecule has 0 aromatic heterocycles. The number of halogens is 1. The topological polar surface area (TPSA) is 93.4 Å². The summed E-state index contributed by atoms with van der Waals surface area (Å²) in [5, 5.41) is 22.6. The minimum absolute atomic E-state index is 0.0818. The van der Waals surface area contributed by atoms with Crippen LogP contribution in [0.2, 0.25) is 0 Å². The zero-order valence-corrected chi connectivity index (χ0v) is 18.5. The number of fused-ring (bicyclic) bond motifs is 3. The van der Waals surface area contributed by atoms with E-state index in [0.717, 1.165) is 28.4 Å². The van der Waals surface area contributed by atoms with Crippen molar-refractivity contribution in [3.63, 3.8) is 0 Å². The van der Waals surface area contributed by atoms with Gasteiger partial charge in [-0.3, -0.25) is 0 Å². The Morgan fingerprint density at radius 3 is 2.64 bits per heavy atom. The van der Waals surface area contributed by atoms with Gasteiger partial charge in [0.05, 0.1) is 35.2 Å². The molecule has 3 atom stereocenters. The first-order valence-electron chi connectivity index (χ1n) is 10.7. The molecule has 5 rings (SSSR count). The molecule has 3 aromatic carbocycles. The molecule has 2 heterocycles. The summed E-state index contributed by atoms with van der Waals surface area (Å²) in [7, 11) is -3.95. The van der Waals surface area contributed by atoms with Crippen LogP contribution in [0, 0.1) is 23.1 Å². The summed E-state index contributed by atoms with van der Waals surface area (Å²) >= 11 is 0. The van der Waals surface area contributed by atoms with Crippen LogP contribution in [-0.4, -0.2) is 37.0 Å². The Hall–Kier alpha value is -3.25. The van der Waals surface area contributed by atoms with E-state index in [0.29, 0.717) is 12.0 Å². The number of nitrogens with zero attached hydrogens (tertiary/aromatic N) is 2. The molecule has 6 nitrogen and oxygen atoms in total. The van der Waals surface area contributed by atoms with Gasteiger partial charge in [0.2, 0.25) is 10.0 Å². The van der Waals surface area contributed by atoms with E-state index < -0.39 is 21.9 Å². The largest absolute Gasteiger partial charge is 0.394 e. The fourth-order valence-corrected chi connectivity index (χ4v) is 6.70. The molecule has 33 heavy (non-hydrogen) atoms. The Bertz CT molecular complexity index is 1370. The van der Waals surface area contributed by atoms with E-state index in [1.165, 1.54) is 22.5 Å². The molecule has 0 radical (unpaired) electrons. The van der Waals surface area contributed by atoms with Gasteiger partial charge in [0, 0.05) is 18.2 Å². The highest BCUT2D eigenvalue weighted by atomic mass is 32.2. The number of rotatable bonds is 4. The van der Waals surface area contributed by atoms with E-state index in [1.54, 1.807) is 12.1 Å². The van der Waals surface area contributed by atoms with Crippen molar-refractivity contribution < 1.29 is 17.9 Å². The van der Waals surface area contributed by atoms with Gasteiger partial charge in [0.15, 0.2) is 0 Å². The maximum Gasteiger partial charge on any atom is 0.243 e. The first-order chi connectivity index (χ1) is 15.9. The van der Waals surface area contributed by atoms with Gasteiger partial charge in [0.25, 0.3) is 0 Å². The van der Waals surface area contributed by atoms with Gasteiger partial charge in [-0.05, 0) is 65.6 Å². The predicted molar refractivity (Wildman–Crippen MR) is 122 cm³/mol. The van der Waals surface area contributed by atoms with Gasteiger partial charge in [-0.25, -0.2) is 12.8 Å². The third-order valence-corrected chi connectivity index (χ3v) is 8.43. The van der Waals surface area contributed by atoms with Gasteiger partial charge < -0.3 is 10.4 Å². The minimum Gasteiger partial charge on any atom is -0.394 e. The third-order valence-electron chi connectivity index (χ3n) is 6.55. The smallest absolute Gasteiger partial charge is 0.243 e. The highest BCUT2D eigenvalue weighted by Gasteiger charge is 2.48. The van der Waals surface area contributed by atoms with Crippen LogP contribution in [0.1, 0.15) is 23.6 Å². The number of nitrogens with one attached hydrogen (secondary N) is 1. The van der Waals surface area contributed by atoms with Crippen molar-refractivity contribution in [2.75, 3.05) is 18.5 Å². The van der Waals surface area contributed by atoms with E-state index in [4.69, 9.17) is 0 Å². The Kier molecular flexibility index (Phi) is 5.41. The number of aliphatic hydroxyl groups excluding tert-OH is 1. The summed E-state index contributed by atoms with van der Waals surface area (Å²) in [5.74, 6) is -0.739. The Balaban J connectivity index is 1.62. The van der Waals surface area contributed by atoms with Crippen molar-refractivity contribution in [2.45, 2.75) is 23.4 Å². The molecular weight excluding hydrogens is 441 g/mol. The Morgan fingerprint density at radius 1 is 1.09 bits per heavy atom. The van der Waals surface area contributed by atoms with Crippen molar-refractivity contribution in [2.24, 2.45) is 5.92 Å². The van der Waals surface area contributed by atoms with Gasteiger partial charge in [-0.15, -0.1) is 0 Å². The summed E-state index contributed by atoms with van der Waals surface area (Å²) < 4.78 is 42.3.